The number of thiophene rings is 1. The number of aryl methyl sites for hydroxylation is 1. The minimum absolute atomic E-state index is 0.0992. The molecule has 1 nitrogen and oxygen atoms in total. The van der Waals surface area contributed by atoms with E-state index in [-0.39, 0.29) is 6.04 Å². The molecule has 2 aromatic rings. The van der Waals surface area contributed by atoms with Gasteiger partial charge in [-0.15, -0.1) is 11.3 Å². The zero-order valence-corrected chi connectivity index (χ0v) is 11.9. The van der Waals surface area contributed by atoms with Crippen LogP contribution in [0.15, 0.2) is 34.1 Å². The van der Waals surface area contributed by atoms with E-state index in [9.17, 15) is 0 Å². The topological polar surface area (TPSA) is 26.0 Å². The maximum atomic E-state index is 6.25. The summed E-state index contributed by atoms with van der Waals surface area (Å²) in [6.07, 6.45) is 0. The summed E-state index contributed by atoms with van der Waals surface area (Å²) < 4.78 is 0.957. The van der Waals surface area contributed by atoms with E-state index in [4.69, 9.17) is 17.3 Å². The van der Waals surface area contributed by atoms with Gasteiger partial charge in [0.15, 0.2) is 0 Å². The van der Waals surface area contributed by atoms with E-state index in [1.165, 1.54) is 10.4 Å². The van der Waals surface area contributed by atoms with Gasteiger partial charge in [-0.2, -0.15) is 0 Å². The van der Waals surface area contributed by atoms with E-state index in [1.54, 1.807) is 11.3 Å². The average molecular weight is 317 g/mol. The Balaban J connectivity index is 2.41. The van der Waals surface area contributed by atoms with E-state index < -0.39 is 0 Å². The lowest BCUT2D eigenvalue weighted by Gasteiger charge is -2.14. The standard InChI is InChI=1S/C12H11BrClNS/c1-7-9(4-5-16-7)12(15)10-3-2-8(14)6-11(10)13/h2-6,12H,15H2,1H3. The van der Waals surface area contributed by atoms with Crippen LogP contribution in [0.25, 0.3) is 0 Å². The highest BCUT2D eigenvalue weighted by atomic mass is 79.9. The second kappa shape index (κ2) is 4.88. The Morgan fingerprint density at radius 2 is 2.06 bits per heavy atom. The van der Waals surface area contributed by atoms with Crippen molar-refractivity contribution in [2.45, 2.75) is 13.0 Å². The van der Waals surface area contributed by atoms with Crippen molar-refractivity contribution in [3.8, 4) is 0 Å². The molecule has 0 spiro atoms. The summed E-state index contributed by atoms with van der Waals surface area (Å²) in [4.78, 5) is 1.26. The summed E-state index contributed by atoms with van der Waals surface area (Å²) >= 11 is 11.1. The number of hydrogen-bond donors (Lipinski definition) is 1. The molecular formula is C12H11BrClNS. The van der Waals surface area contributed by atoms with E-state index in [2.05, 4.69) is 34.3 Å². The molecule has 1 aromatic heterocycles. The second-order valence-corrected chi connectivity index (χ2v) is 5.99. The molecule has 1 unspecified atom stereocenters. The molecule has 2 rings (SSSR count). The molecule has 1 heterocycles. The third-order valence-corrected chi connectivity index (χ3v) is 4.31. The van der Waals surface area contributed by atoms with E-state index in [0.29, 0.717) is 5.02 Å². The Labute approximate surface area is 112 Å². The maximum absolute atomic E-state index is 6.25. The maximum Gasteiger partial charge on any atom is 0.0573 e. The normalized spacial score (nSPS) is 12.8. The minimum Gasteiger partial charge on any atom is -0.320 e. The van der Waals surface area contributed by atoms with Crippen LogP contribution in [-0.2, 0) is 0 Å². The Bertz CT molecular complexity index is 509. The van der Waals surface area contributed by atoms with Gasteiger partial charge >= 0.3 is 0 Å². The average Bonchev–Trinajstić information content (AvgIpc) is 2.63. The smallest absolute Gasteiger partial charge is 0.0573 e. The lowest BCUT2D eigenvalue weighted by Crippen LogP contribution is -2.12. The zero-order chi connectivity index (χ0) is 11.7. The fourth-order valence-electron chi connectivity index (χ4n) is 1.64. The van der Waals surface area contributed by atoms with Gasteiger partial charge in [-0.3, -0.25) is 0 Å². The van der Waals surface area contributed by atoms with Crippen molar-refractivity contribution < 1.29 is 0 Å². The highest BCUT2D eigenvalue weighted by Crippen LogP contribution is 2.32. The molecule has 4 heteroatoms. The van der Waals surface area contributed by atoms with Crippen LogP contribution >= 0.6 is 38.9 Å². The molecular weight excluding hydrogens is 306 g/mol. The molecule has 1 aromatic carbocycles. The lowest BCUT2D eigenvalue weighted by molar-refractivity contribution is 0.864. The Hall–Kier alpha value is -0.350. The van der Waals surface area contributed by atoms with Crippen molar-refractivity contribution in [1.82, 2.24) is 0 Å². The Morgan fingerprint density at radius 1 is 1.31 bits per heavy atom. The van der Waals surface area contributed by atoms with Crippen molar-refractivity contribution in [1.29, 1.82) is 0 Å². The van der Waals surface area contributed by atoms with Gasteiger partial charge in [-0.05, 0) is 41.6 Å². The first-order valence-electron chi connectivity index (χ1n) is 4.84. The summed E-state index contributed by atoms with van der Waals surface area (Å²) in [5, 5.41) is 2.78. The third-order valence-electron chi connectivity index (χ3n) is 2.53. The summed E-state index contributed by atoms with van der Waals surface area (Å²) in [7, 11) is 0. The number of nitrogens with two attached hydrogens (primary N) is 1. The molecule has 2 N–H and O–H groups in total. The SMILES string of the molecule is Cc1sccc1C(N)c1ccc(Cl)cc1Br. The van der Waals surface area contributed by atoms with Gasteiger partial charge in [-0.1, -0.05) is 33.6 Å². The summed E-state index contributed by atoms with van der Waals surface area (Å²) in [5.74, 6) is 0. The molecule has 84 valence electrons. The monoisotopic (exact) mass is 315 g/mol. The molecule has 0 amide bonds. The van der Waals surface area contributed by atoms with Gasteiger partial charge in [0.05, 0.1) is 6.04 Å². The molecule has 16 heavy (non-hydrogen) atoms. The van der Waals surface area contributed by atoms with Gasteiger partial charge < -0.3 is 5.73 Å². The molecule has 0 aliphatic rings. The highest BCUT2D eigenvalue weighted by molar-refractivity contribution is 9.10. The van der Waals surface area contributed by atoms with Crippen molar-refractivity contribution in [3.05, 3.63) is 55.1 Å². The van der Waals surface area contributed by atoms with Crippen molar-refractivity contribution in [2.75, 3.05) is 0 Å². The van der Waals surface area contributed by atoms with Crippen molar-refractivity contribution in [3.63, 3.8) is 0 Å². The van der Waals surface area contributed by atoms with E-state index in [1.807, 2.05) is 18.2 Å². The van der Waals surface area contributed by atoms with E-state index >= 15 is 0 Å². The van der Waals surface area contributed by atoms with Gasteiger partial charge in [-0.25, -0.2) is 0 Å². The molecule has 0 saturated carbocycles. The van der Waals surface area contributed by atoms with Crippen LogP contribution in [0, 0.1) is 6.92 Å². The third kappa shape index (κ3) is 2.33. The minimum atomic E-state index is -0.0992. The first-order chi connectivity index (χ1) is 7.59. The van der Waals surface area contributed by atoms with E-state index in [0.717, 1.165) is 10.0 Å². The predicted molar refractivity (Wildman–Crippen MR) is 74.2 cm³/mol. The second-order valence-electron chi connectivity index (χ2n) is 3.58. The number of halogens is 2. The van der Waals surface area contributed by atoms with Gasteiger partial charge in [0.25, 0.3) is 0 Å². The largest absolute Gasteiger partial charge is 0.320 e. The number of rotatable bonds is 2. The number of hydrogen-bond acceptors (Lipinski definition) is 2. The lowest BCUT2D eigenvalue weighted by atomic mass is 10.0. The van der Waals surface area contributed by atoms with Crippen LogP contribution in [0.4, 0.5) is 0 Å². The van der Waals surface area contributed by atoms with Crippen LogP contribution in [0.3, 0.4) is 0 Å². The summed E-state index contributed by atoms with van der Waals surface area (Å²) in [6, 6.07) is 7.68. The first kappa shape index (κ1) is 12.1. The predicted octanol–water partition coefficient (Wildman–Crippen LogP) is 4.52. The Kier molecular flexibility index (Phi) is 3.70. The van der Waals surface area contributed by atoms with Gasteiger partial charge in [0.1, 0.15) is 0 Å². The van der Waals surface area contributed by atoms with Crippen molar-refractivity contribution >= 4 is 38.9 Å². The molecule has 0 radical (unpaired) electrons. The quantitative estimate of drug-likeness (QED) is 0.866. The van der Waals surface area contributed by atoms with Crippen LogP contribution in [0.2, 0.25) is 5.02 Å². The van der Waals surface area contributed by atoms with Gasteiger partial charge in [0.2, 0.25) is 0 Å². The molecule has 0 bridgehead atoms. The van der Waals surface area contributed by atoms with Crippen molar-refractivity contribution in [2.24, 2.45) is 5.73 Å². The Morgan fingerprint density at radius 3 is 2.62 bits per heavy atom. The molecule has 0 aliphatic carbocycles. The number of benzene rings is 1. The van der Waals surface area contributed by atoms with Crippen LogP contribution in [0.5, 0.6) is 0 Å². The molecule has 0 saturated heterocycles. The molecule has 1 atom stereocenters. The zero-order valence-electron chi connectivity index (χ0n) is 8.71. The van der Waals surface area contributed by atoms with Crippen LogP contribution in [0.1, 0.15) is 22.0 Å². The van der Waals surface area contributed by atoms with Gasteiger partial charge in [0, 0.05) is 14.4 Å². The first-order valence-corrected chi connectivity index (χ1v) is 6.89. The fourth-order valence-corrected chi connectivity index (χ4v) is 3.32. The highest BCUT2D eigenvalue weighted by Gasteiger charge is 2.15. The molecule has 0 aliphatic heterocycles. The fraction of sp³-hybridized carbons (Fsp3) is 0.167. The van der Waals surface area contributed by atoms with Crippen LogP contribution in [-0.4, -0.2) is 0 Å². The summed E-state index contributed by atoms with van der Waals surface area (Å²) in [6.45, 7) is 2.09. The molecule has 0 fully saturated rings. The summed E-state index contributed by atoms with van der Waals surface area (Å²) in [5.41, 5.74) is 8.48. The van der Waals surface area contributed by atoms with Crippen LogP contribution < -0.4 is 5.73 Å².